The van der Waals surface area contributed by atoms with Crippen LogP contribution in [0.25, 0.3) is 0 Å². The van der Waals surface area contributed by atoms with Gasteiger partial charge in [-0.15, -0.1) is 0 Å². The summed E-state index contributed by atoms with van der Waals surface area (Å²) >= 11 is 0. The third-order valence-electron chi connectivity index (χ3n) is 3.59. The topological polar surface area (TPSA) is 78.3 Å². The molecule has 7 nitrogen and oxygen atoms in total. The van der Waals surface area contributed by atoms with E-state index in [1.807, 2.05) is 13.1 Å². The number of nitrogens with one attached hydrogen (secondary N) is 1. The van der Waals surface area contributed by atoms with Crippen LogP contribution in [0.2, 0.25) is 0 Å². The minimum Gasteiger partial charge on any atom is -0.482 e. The lowest BCUT2D eigenvalue weighted by atomic mass is 10.1. The van der Waals surface area contributed by atoms with Gasteiger partial charge in [-0.25, -0.2) is 0 Å². The van der Waals surface area contributed by atoms with Crippen molar-refractivity contribution in [1.29, 1.82) is 0 Å². The van der Waals surface area contributed by atoms with Gasteiger partial charge in [0.25, 0.3) is 5.91 Å². The first-order valence-corrected chi connectivity index (χ1v) is 7.16. The van der Waals surface area contributed by atoms with Crippen molar-refractivity contribution in [2.24, 2.45) is 7.05 Å². The second kappa shape index (κ2) is 6.57. The lowest BCUT2D eigenvalue weighted by Crippen LogP contribution is -2.40. The van der Waals surface area contributed by atoms with Crippen LogP contribution in [-0.4, -0.2) is 39.9 Å². The molecular weight excluding hydrogens is 284 g/mol. The van der Waals surface area contributed by atoms with E-state index in [4.69, 9.17) is 9.47 Å². The molecule has 0 bridgehead atoms. The second-order valence-corrected chi connectivity index (χ2v) is 5.11. The molecule has 1 fully saturated rings. The maximum absolute atomic E-state index is 12.0. The zero-order chi connectivity index (χ0) is 15.4. The van der Waals surface area contributed by atoms with Crippen LogP contribution in [0.5, 0.6) is 5.75 Å². The van der Waals surface area contributed by atoms with E-state index in [-0.39, 0.29) is 24.7 Å². The average molecular weight is 302 g/mol. The molecular formula is C15H18N4O3. The van der Waals surface area contributed by atoms with Gasteiger partial charge < -0.3 is 14.8 Å². The van der Waals surface area contributed by atoms with Crippen molar-refractivity contribution in [3.8, 4) is 5.75 Å². The number of carbonyl (C=O) groups is 1. The van der Waals surface area contributed by atoms with E-state index < -0.39 is 0 Å². The molecule has 22 heavy (non-hydrogen) atoms. The number of hydrogen-bond acceptors (Lipinski definition) is 5. The molecule has 0 unspecified atom stereocenters. The fraction of sp³-hybridized carbons (Fsp3) is 0.400. The fourth-order valence-corrected chi connectivity index (χ4v) is 2.52. The first-order chi connectivity index (χ1) is 10.7. The van der Waals surface area contributed by atoms with Crippen LogP contribution < -0.4 is 10.1 Å². The molecule has 1 N–H and O–H groups in total. The van der Waals surface area contributed by atoms with E-state index in [0.29, 0.717) is 12.4 Å². The first-order valence-electron chi connectivity index (χ1n) is 7.16. The van der Waals surface area contributed by atoms with Crippen molar-refractivity contribution in [1.82, 2.24) is 20.1 Å². The minimum atomic E-state index is -0.175. The maximum atomic E-state index is 12.0. The zero-order valence-corrected chi connectivity index (χ0v) is 12.3. The predicted molar refractivity (Wildman–Crippen MR) is 78.2 cm³/mol. The molecule has 1 amide bonds. The number of nitrogens with zero attached hydrogens (tertiary/aromatic N) is 3. The highest BCUT2D eigenvalue weighted by Crippen LogP contribution is 2.28. The molecule has 0 saturated carbocycles. The van der Waals surface area contributed by atoms with E-state index in [1.54, 1.807) is 35.4 Å². The van der Waals surface area contributed by atoms with Gasteiger partial charge in [-0.2, -0.15) is 5.10 Å². The van der Waals surface area contributed by atoms with Crippen LogP contribution in [0.4, 0.5) is 0 Å². The summed E-state index contributed by atoms with van der Waals surface area (Å²) < 4.78 is 12.9. The molecule has 1 aliphatic heterocycles. The summed E-state index contributed by atoms with van der Waals surface area (Å²) in [5.74, 6) is 0.398. The van der Waals surface area contributed by atoms with Gasteiger partial charge >= 0.3 is 0 Å². The Kier molecular flexibility index (Phi) is 4.34. The molecule has 0 aromatic carbocycles. The molecule has 2 aromatic heterocycles. The molecule has 116 valence electrons. The third-order valence-corrected chi connectivity index (χ3v) is 3.59. The second-order valence-electron chi connectivity index (χ2n) is 5.11. The van der Waals surface area contributed by atoms with Crippen LogP contribution in [0.15, 0.2) is 36.8 Å². The fourth-order valence-electron chi connectivity index (χ4n) is 2.52. The normalized spacial score (nSPS) is 20.8. The van der Waals surface area contributed by atoms with Crippen LogP contribution in [-0.2, 0) is 16.6 Å². The van der Waals surface area contributed by atoms with Gasteiger partial charge in [0.15, 0.2) is 6.61 Å². The summed E-state index contributed by atoms with van der Waals surface area (Å²) in [6.45, 7) is 0.574. The number of pyridine rings is 1. The monoisotopic (exact) mass is 302 g/mol. The summed E-state index contributed by atoms with van der Waals surface area (Å²) in [4.78, 5) is 16.0. The Labute approximate surface area is 128 Å². The lowest BCUT2D eigenvalue weighted by molar-refractivity contribution is -0.124. The van der Waals surface area contributed by atoms with E-state index in [9.17, 15) is 4.79 Å². The Bertz CT molecular complexity index is 629. The number of rotatable bonds is 5. The van der Waals surface area contributed by atoms with Crippen LogP contribution >= 0.6 is 0 Å². The van der Waals surface area contributed by atoms with Gasteiger partial charge in [0.1, 0.15) is 11.9 Å². The highest BCUT2D eigenvalue weighted by atomic mass is 16.5. The molecule has 0 radical (unpaired) electrons. The molecule has 0 aliphatic carbocycles. The summed E-state index contributed by atoms with van der Waals surface area (Å²) in [5, 5.41) is 7.11. The molecule has 0 spiro atoms. The third kappa shape index (κ3) is 3.25. The van der Waals surface area contributed by atoms with Gasteiger partial charge in [0.2, 0.25) is 0 Å². The first kappa shape index (κ1) is 14.5. The summed E-state index contributed by atoms with van der Waals surface area (Å²) in [7, 11) is 1.86. The van der Waals surface area contributed by atoms with E-state index >= 15 is 0 Å². The van der Waals surface area contributed by atoms with Crippen LogP contribution in [0.1, 0.15) is 18.2 Å². The van der Waals surface area contributed by atoms with Crippen molar-refractivity contribution >= 4 is 5.91 Å². The molecule has 2 aromatic rings. The quantitative estimate of drug-likeness (QED) is 0.885. The standard InChI is InChI=1S/C15H18N4O3/c1-19-13(4-7-17-19)15-12(5-8-21-15)18-14(20)10-22-11-3-2-6-16-9-11/h2-4,6-7,9,12,15H,5,8,10H2,1H3,(H,18,20)/t12-,15-/m0/s1. The van der Waals surface area contributed by atoms with Crippen molar-refractivity contribution in [2.45, 2.75) is 18.6 Å². The molecule has 3 rings (SSSR count). The SMILES string of the molecule is Cn1nccc1[C@H]1OCC[C@@H]1NC(=O)COc1cccnc1. The number of ether oxygens (including phenoxy) is 2. The van der Waals surface area contributed by atoms with Gasteiger partial charge in [0.05, 0.1) is 17.9 Å². The highest BCUT2D eigenvalue weighted by Gasteiger charge is 2.32. The molecule has 1 aliphatic rings. The molecule has 3 heterocycles. The van der Waals surface area contributed by atoms with Gasteiger partial charge in [0, 0.05) is 26.0 Å². The summed E-state index contributed by atoms with van der Waals surface area (Å²) in [6, 6.07) is 5.36. The minimum absolute atomic E-state index is 0.0414. The Balaban J connectivity index is 1.55. The molecule has 1 saturated heterocycles. The van der Waals surface area contributed by atoms with Gasteiger partial charge in [-0.3, -0.25) is 14.5 Å². The Morgan fingerprint density at radius 3 is 3.14 bits per heavy atom. The maximum Gasteiger partial charge on any atom is 0.258 e. The predicted octanol–water partition coefficient (Wildman–Crippen LogP) is 0.840. The van der Waals surface area contributed by atoms with Crippen molar-refractivity contribution in [2.75, 3.05) is 13.2 Å². The van der Waals surface area contributed by atoms with Crippen molar-refractivity contribution in [3.63, 3.8) is 0 Å². The van der Waals surface area contributed by atoms with Crippen molar-refractivity contribution < 1.29 is 14.3 Å². The lowest BCUT2D eigenvalue weighted by Gasteiger charge is -2.20. The Morgan fingerprint density at radius 2 is 2.41 bits per heavy atom. The summed E-state index contributed by atoms with van der Waals surface area (Å²) in [6.07, 6.45) is 5.55. The largest absolute Gasteiger partial charge is 0.482 e. The van der Waals surface area contributed by atoms with Gasteiger partial charge in [-0.05, 0) is 24.6 Å². The highest BCUT2D eigenvalue weighted by molar-refractivity contribution is 5.78. The Hall–Kier alpha value is -2.41. The van der Waals surface area contributed by atoms with E-state index in [2.05, 4.69) is 15.4 Å². The summed E-state index contributed by atoms with van der Waals surface area (Å²) in [5.41, 5.74) is 0.955. The van der Waals surface area contributed by atoms with E-state index in [1.165, 1.54) is 0 Å². The smallest absolute Gasteiger partial charge is 0.258 e. The number of hydrogen-bond donors (Lipinski definition) is 1. The number of aryl methyl sites for hydroxylation is 1. The molecule has 2 atom stereocenters. The van der Waals surface area contributed by atoms with Crippen LogP contribution in [0, 0.1) is 0 Å². The van der Waals surface area contributed by atoms with Crippen molar-refractivity contribution in [3.05, 3.63) is 42.5 Å². The average Bonchev–Trinajstić information content (AvgIpc) is 3.15. The number of carbonyl (C=O) groups excluding carboxylic acids is 1. The zero-order valence-electron chi connectivity index (χ0n) is 12.3. The van der Waals surface area contributed by atoms with E-state index in [0.717, 1.165) is 12.1 Å². The van der Waals surface area contributed by atoms with Gasteiger partial charge in [-0.1, -0.05) is 0 Å². The number of aromatic nitrogens is 3. The van der Waals surface area contributed by atoms with Crippen LogP contribution in [0.3, 0.4) is 0 Å². The Morgan fingerprint density at radius 1 is 1.50 bits per heavy atom. The number of amides is 1. The molecule has 7 heteroatoms.